The van der Waals surface area contributed by atoms with Crippen molar-refractivity contribution in [3.8, 4) is 0 Å². The summed E-state index contributed by atoms with van der Waals surface area (Å²) in [7, 11) is 0. The van der Waals surface area contributed by atoms with Crippen LogP contribution < -0.4 is 10.6 Å². The van der Waals surface area contributed by atoms with Crippen LogP contribution in [0.3, 0.4) is 0 Å². The Bertz CT molecular complexity index is 562. The molecule has 1 aromatic rings. The highest BCUT2D eigenvalue weighted by atomic mass is 35.5. The van der Waals surface area contributed by atoms with Gasteiger partial charge in [-0.15, -0.1) is 0 Å². The first kappa shape index (κ1) is 20.8. The first-order chi connectivity index (χ1) is 11.4. The maximum atomic E-state index is 12.4. The van der Waals surface area contributed by atoms with Crippen molar-refractivity contribution in [3.63, 3.8) is 0 Å². The lowest BCUT2D eigenvalue weighted by Gasteiger charge is -2.22. The van der Waals surface area contributed by atoms with E-state index in [1.165, 1.54) is 6.07 Å². The van der Waals surface area contributed by atoms with Crippen LogP contribution in [0, 0.1) is 5.92 Å². The van der Waals surface area contributed by atoms with Crippen molar-refractivity contribution in [2.24, 2.45) is 5.92 Å². The molecule has 1 aromatic carbocycles. The zero-order chi connectivity index (χ0) is 18.1. The lowest BCUT2D eigenvalue weighted by molar-refractivity contribution is -0.123. The van der Waals surface area contributed by atoms with Crippen LogP contribution >= 0.6 is 23.2 Å². The summed E-state index contributed by atoms with van der Waals surface area (Å²) in [4.78, 5) is 24.7. The average Bonchev–Trinajstić information content (AvgIpc) is 2.51. The van der Waals surface area contributed by atoms with Gasteiger partial charge in [-0.3, -0.25) is 9.59 Å². The van der Waals surface area contributed by atoms with E-state index in [9.17, 15) is 9.59 Å². The van der Waals surface area contributed by atoms with E-state index < -0.39 is 6.04 Å². The maximum absolute atomic E-state index is 12.4. The fraction of sp³-hybridized carbons (Fsp3) is 0.556. The molecule has 6 heteroatoms. The second-order valence-electron chi connectivity index (χ2n) is 6.17. The minimum absolute atomic E-state index is 0.0318. The minimum Gasteiger partial charge on any atom is -0.354 e. The van der Waals surface area contributed by atoms with Gasteiger partial charge in [0.05, 0.1) is 10.6 Å². The topological polar surface area (TPSA) is 58.2 Å². The first-order valence-electron chi connectivity index (χ1n) is 8.40. The van der Waals surface area contributed by atoms with E-state index in [-0.39, 0.29) is 22.8 Å². The molecule has 1 rings (SSSR count). The lowest BCUT2D eigenvalue weighted by Crippen LogP contribution is -2.49. The average molecular weight is 373 g/mol. The Kier molecular flexibility index (Phi) is 9.16. The smallest absolute Gasteiger partial charge is 0.253 e. The monoisotopic (exact) mass is 372 g/mol. The molecule has 0 heterocycles. The number of hydrogen-bond acceptors (Lipinski definition) is 2. The number of halogens is 2. The first-order valence-corrected chi connectivity index (χ1v) is 9.16. The molecule has 2 amide bonds. The standard InChI is InChI=1S/C18H26Cl2N2O2/c1-4-5-6-7-10-21-18(24)16(12(2)3)22-17(23)14-9-8-13(19)11-15(14)20/h8-9,11-12,16H,4-7,10H2,1-3H3,(H,21,24)(H,22,23). The van der Waals surface area contributed by atoms with Crippen LogP contribution in [-0.2, 0) is 4.79 Å². The molecule has 0 radical (unpaired) electrons. The van der Waals surface area contributed by atoms with Crippen LogP contribution in [0.2, 0.25) is 10.0 Å². The maximum Gasteiger partial charge on any atom is 0.253 e. The molecule has 24 heavy (non-hydrogen) atoms. The lowest BCUT2D eigenvalue weighted by atomic mass is 10.0. The molecule has 4 nitrogen and oxygen atoms in total. The third-order valence-corrected chi connectivity index (χ3v) is 4.29. The van der Waals surface area contributed by atoms with Crippen molar-refractivity contribution in [2.75, 3.05) is 6.54 Å². The Hall–Kier alpha value is -1.26. The molecule has 1 atom stereocenters. The number of carbonyl (C=O) groups excluding carboxylic acids is 2. The fourth-order valence-electron chi connectivity index (χ4n) is 2.30. The predicted molar refractivity (Wildman–Crippen MR) is 99.7 cm³/mol. The Labute approximate surface area is 154 Å². The number of rotatable bonds is 9. The van der Waals surface area contributed by atoms with Gasteiger partial charge >= 0.3 is 0 Å². The number of carbonyl (C=O) groups is 2. The molecular formula is C18H26Cl2N2O2. The van der Waals surface area contributed by atoms with Crippen LogP contribution in [0.4, 0.5) is 0 Å². The summed E-state index contributed by atoms with van der Waals surface area (Å²) >= 11 is 11.9. The van der Waals surface area contributed by atoms with Crippen molar-refractivity contribution < 1.29 is 9.59 Å². The zero-order valence-corrected chi connectivity index (χ0v) is 16.0. The Morgan fingerprint density at radius 2 is 1.83 bits per heavy atom. The molecule has 2 N–H and O–H groups in total. The van der Waals surface area contributed by atoms with E-state index in [0.29, 0.717) is 17.1 Å². The summed E-state index contributed by atoms with van der Waals surface area (Å²) in [5, 5.41) is 6.39. The summed E-state index contributed by atoms with van der Waals surface area (Å²) in [5.74, 6) is -0.577. The quantitative estimate of drug-likeness (QED) is 0.629. The van der Waals surface area contributed by atoms with E-state index in [1.807, 2.05) is 13.8 Å². The SMILES string of the molecule is CCCCCCNC(=O)C(NC(=O)c1ccc(Cl)cc1Cl)C(C)C. The van der Waals surface area contributed by atoms with Gasteiger partial charge in [0.2, 0.25) is 5.91 Å². The molecule has 0 aromatic heterocycles. The molecule has 0 spiro atoms. The third kappa shape index (κ3) is 6.70. The minimum atomic E-state index is -0.601. The number of nitrogens with one attached hydrogen (secondary N) is 2. The largest absolute Gasteiger partial charge is 0.354 e. The summed E-state index contributed by atoms with van der Waals surface area (Å²) in [6.45, 7) is 6.56. The molecule has 0 saturated heterocycles. The summed E-state index contributed by atoms with van der Waals surface area (Å²) in [6.07, 6.45) is 4.35. The normalized spacial score (nSPS) is 12.1. The van der Waals surface area contributed by atoms with Crippen molar-refractivity contribution in [2.45, 2.75) is 52.5 Å². The molecule has 1 unspecified atom stereocenters. The van der Waals surface area contributed by atoms with Gasteiger partial charge < -0.3 is 10.6 Å². The van der Waals surface area contributed by atoms with Gasteiger partial charge in [0.15, 0.2) is 0 Å². The van der Waals surface area contributed by atoms with Crippen molar-refractivity contribution >= 4 is 35.0 Å². The second-order valence-corrected chi connectivity index (χ2v) is 7.01. The van der Waals surface area contributed by atoms with E-state index in [4.69, 9.17) is 23.2 Å². The predicted octanol–water partition coefficient (Wildman–Crippen LogP) is 4.44. The molecule has 0 aliphatic carbocycles. The van der Waals surface area contributed by atoms with Gasteiger partial charge in [0.25, 0.3) is 5.91 Å². The summed E-state index contributed by atoms with van der Waals surface area (Å²) in [5.41, 5.74) is 0.308. The van der Waals surface area contributed by atoms with Gasteiger partial charge in [0, 0.05) is 11.6 Å². The summed E-state index contributed by atoms with van der Waals surface area (Å²) in [6, 6.07) is 4.06. The highest BCUT2D eigenvalue weighted by molar-refractivity contribution is 6.36. The van der Waals surface area contributed by atoms with E-state index in [0.717, 1.165) is 25.7 Å². The van der Waals surface area contributed by atoms with Crippen LogP contribution in [0.25, 0.3) is 0 Å². The highest BCUT2D eigenvalue weighted by Crippen LogP contribution is 2.21. The van der Waals surface area contributed by atoms with Gasteiger partial charge in [-0.2, -0.15) is 0 Å². The number of benzene rings is 1. The van der Waals surface area contributed by atoms with Crippen LogP contribution in [0.5, 0.6) is 0 Å². The fourth-order valence-corrected chi connectivity index (χ4v) is 2.80. The van der Waals surface area contributed by atoms with Gasteiger partial charge in [-0.1, -0.05) is 63.2 Å². The molecule has 0 aliphatic heterocycles. The van der Waals surface area contributed by atoms with E-state index >= 15 is 0 Å². The zero-order valence-electron chi connectivity index (χ0n) is 14.5. The molecule has 0 aliphatic rings. The number of unbranched alkanes of at least 4 members (excludes halogenated alkanes) is 3. The van der Waals surface area contributed by atoms with Gasteiger partial charge in [0.1, 0.15) is 6.04 Å². The van der Waals surface area contributed by atoms with Crippen molar-refractivity contribution in [3.05, 3.63) is 33.8 Å². The van der Waals surface area contributed by atoms with Crippen molar-refractivity contribution in [1.82, 2.24) is 10.6 Å². The van der Waals surface area contributed by atoms with Crippen LogP contribution in [-0.4, -0.2) is 24.4 Å². The molecule has 0 bridgehead atoms. The summed E-state index contributed by atoms with van der Waals surface area (Å²) < 4.78 is 0. The third-order valence-electron chi connectivity index (χ3n) is 3.74. The highest BCUT2D eigenvalue weighted by Gasteiger charge is 2.25. The molecular weight excluding hydrogens is 347 g/mol. The van der Waals surface area contributed by atoms with Crippen molar-refractivity contribution in [1.29, 1.82) is 0 Å². The van der Waals surface area contributed by atoms with E-state index in [2.05, 4.69) is 17.6 Å². The Balaban J connectivity index is 2.64. The van der Waals surface area contributed by atoms with Crippen LogP contribution in [0.15, 0.2) is 18.2 Å². The van der Waals surface area contributed by atoms with Crippen LogP contribution in [0.1, 0.15) is 56.8 Å². The molecule has 134 valence electrons. The molecule has 0 saturated carbocycles. The Morgan fingerprint density at radius 1 is 1.12 bits per heavy atom. The van der Waals surface area contributed by atoms with Gasteiger partial charge in [-0.25, -0.2) is 0 Å². The molecule has 0 fully saturated rings. The number of hydrogen-bond donors (Lipinski definition) is 2. The second kappa shape index (κ2) is 10.6. The van der Waals surface area contributed by atoms with Gasteiger partial charge in [-0.05, 0) is 30.5 Å². The van der Waals surface area contributed by atoms with E-state index in [1.54, 1.807) is 12.1 Å². The number of amides is 2. The Morgan fingerprint density at radius 3 is 2.42 bits per heavy atom.